The summed E-state index contributed by atoms with van der Waals surface area (Å²) in [6, 6.07) is 17.5. The minimum atomic E-state index is -0.180. The molecular formula is C20H20N2O3. The first-order valence-corrected chi connectivity index (χ1v) is 8.19. The van der Waals surface area contributed by atoms with Gasteiger partial charge in [-0.05, 0) is 42.7 Å². The van der Waals surface area contributed by atoms with Crippen molar-refractivity contribution in [1.82, 2.24) is 10.5 Å². The number of nitrogens with one attached hydrogen (secondary N) is 1. The molecule has 5 nitrogen and oxygen atoms in total. The lowest BCUT2D eigenvalue weighted by Gasteiger charge is -2.06. The van der Waals surface area contributed by atoms with Crippen LogP contribution in [-0.4, -0.2) is 24.7 Å². The van der Waals surface area contributed by atoms with Crippen molar-refractivity contribution < 1.29 is 14.1 Å². The number of amides is 1. The third-order valence-corrected chi connectivity index (χ3v) is 3.94. The van der Waals surface area contributed by atoms with Crippen LogP contribution in [0.15, 0.2) is 65.3 Å². The Morgan fingerprint density at radius 2 is 1.88 bits per heavy atom. The van der Waals surface area contributed by atoms with Crippen LogP contribution in [0.25, 0.3) is 11.3 Å². The molecule has 0 bridgehead atoms. The molecule has 0 unspecified atom stereocenters. The van der Waals surface area contributed by atoms with Gasteiger partial charge in [-0.2, -0.15) is 0 Å². The highest BCUT2D eigenvalue weighted by Crippen LogP contribution is 2.25. The van der Waals surface area contributed by atoms with Crippen molar-refractivity contribution in [2.75, 3.05) is 13.7 Å². The van der Waals surface area contributed by atoms with Gasteiger partial charge >= 0.3 is 0 Å². The molecule has 0 aliphatic carbocycles. The average Bonchev–Trinajstić information content (AvgIpc) is 3.16. The molecule has 1 aromatic heterocycles. The summed E-state index contributed by atoms with van der Waals surface area (Å²) in [4.78, 5) is 12.4. The van der Waals surface area contributed by atoms with E-state index in [1.54, 1.807) is 7.11 Å². The first-order chi connectivity index (χ1) is 12.3. The van der Waals surface area contributed by atoms with Crippen LogP contribution in [0.2, 0.25) is 0 Å². The lowest BCUT2D eigenvalue weighted by molar-refractivity contribution is 0.0953. The summed E-state index contributed by atoms with van der Waals surface area (Å²) in [6.45, 7) is 0.598. The maximum atomic E-state index is 12.4. The van der Waals surface area contributed by atoms with E-state index in [2.05, 4.69) is 22.6 Å². The fourth-order valence-corrected chi connectivity index (χ4v) is 2.59. The smallest absolute Gasteiger partial charge is 0.256 e. The van der Waals surface area contributed by atoms with Gasteiger partial charge in [0, 0.05) is 12.1 Å². The van der Waals surface area contributed by atoms with Crippen LogP contribution in [-0.2, 0) is 6.42 Å². The predicted molar refractivity (Wildman–Crippen MR) is 95.6 cm³/mol. The molecule has 2 aromatic carbocycles. The molecule has 3 rings (SSSR count). The molecule has 1 amide bonds. The molecule has 0 fully saturated rings. The second-order valence-electron chi connectivity index (χ2n) is 5.64. The van der Waals surface area contributed by atoms with Crippen LogP contribution in [0.5, 0.6) is 5.75 Å². The van der Waals surface area contributed by atoms with Gasteiger partial charge in [0.25, 0.3) is 5.91 Å². The number of aryl methyl sites for hydroxylation is 1. The maximum Gasteiger partial charge on any atom is 0.256 e. The number of methoxy groups -OCH3 is 1. The second kappa shape index (κ2) is 8.15. The van der Waals surface area contributed by atoms with E-state index in [-0.39, 0.29) is 5.91 Å². The van der Waals surface area contributed by atoms with Crippen LogP contribution < -0.4 is 10.1 Å². The summed E-state index contributed by atoms with van der Waals surface area (Å²) >= 11 is 0. The summed E-state index contributed by atoms with van der Waals surface area (Å²) in [5, 5.41) is 6.70. The van der Waals surface area contributed by atoms with Crippen molar-refractivity contribution >= 4 is 5.91 Å². The summed E-state index contributed by atoms with van der Waals surface area (Å²) in [5.41, 5.74) is 2.48. The van der Waals surface area contributed by atoms with Crippen LogP contribution in [0.1, 0.15) is 22.3 Å². The Morgan fingerprint density at radius 3 is 2.60 bits per heavy atom. The summed E-state index contributed by atoms with van der Waals surface area (Å²) < 4.78 is 10.4. The molecule has 1 heterocycles. The van der Waals surface area contributed by atoms with Gasteiger partial charge in [-0.1, -0.05) is 35.5 Å². The van der Waals surface area contributed by atoms with E-state index in [1.165, 1.54) is 11.8 Å². The Hall–Kier alpha value is -3.08. The molecule has 5 heteroatoms. The van der Waals surface area contributed by atoms with Crippen molar-refractivity contribution in [3.8, 4) is 17.1 Å². The standard InChI is InChI=1S/C20H20N2O3/c1-24-17-11-9-16(10-12-17)19-18(14-22-25-19)20(23)21-13-5-8-15-6-3-2-4-7-15/h2-4,6-7,9-12,14H,5,8,13H2,1H3,(H,21,23). The zero-order valence-electron chi connectivity index (χ0n) is 14.1. The maximum absolute atomic E-state index is 12.4. The van der Waals surface area contributed by atoms with Crippen molar-refractivity contribution in [1.29, 1.82) is 0 Å². The fourth-order valence-electron chi connectivity index (χ4n) is 2.59. The van der Waals surface area contributed by atoms with Gasteiger partial charge in [0.1, 0.15) is 11.3 Å². The van der Waals surface area contributed by atoms with Crippen molar-refractivity contribution in [2.24, 2.45) is 0 Å². The number of hydrogen-bond acceptors (Lipinski definition) is 4. The van der Waals surface area contributed by atoms with E-state index in [1.807, 2.05) is 42.5 Å². The lowest BCUT2D eigenvalue weighted by atomic mass is 10.1. The van der Waals surface area contributed by atoms with E-state index in [0.717, 1.165) is 24.2 Å². The van der Waals surface area contributed by atoms with Crippen LogP contribution >= 0.6 is 0 Å². The van der Waals surface area contributed by atoms with E-state index in [4.69, 9.17) is 9.26 Å². The molecule has 0 radical (unpaired) electrons. The van der Waals surface area contributed by atoms with Crippen LogP contribution in [0, 0.1) is 0 Å². The molecule has 0 saturated heterocycles. The zero-order chi connectivity index (χ0) is 17.5. The molecule has 0 saturated carbocycles. The van der Waals surface area contributed by atoms with E-state index < -0.39 is 0 Å². The largest absolute Gasteiger partial charge is 0.497 e. The van der Waals surface area contributed by atoms with Gasteiger partial charge in [0.2, 0.25) is 0 Å². The van der Waals surface area contributed by atoms with E-state index in [0.29, 0.717) is 17.9 Å². The van der Waals surface area contributed by atoms with Crippen molar-refractivity contribution in [2.45, 2.75) is 12.8 Å². The first kappa shape index (κ1) is 16.8. The van der Waals surface area contributed by atoms with Gasteiger partial charge in [-0.15, -0.1) is 0 Å². The monoisotopic (exact) mass is 336 g/mol. The highest BCUT2D eigenvalue weighted by Gasteiger charge is 2.17. The van der Waals surface area contributed by atoms with Gasteiger partial charge in [0.15, 0.2) is 5.76 Å². The number of aromatic nitrogens is 1. The average molecular weight is 336 g/mol. The van der Waals surface area contributed by atoms with Gasteiger partial charge in [-0.25, -0.2) is 0 Å². The summed E-state index contributed by atoms with van der Waals surface area (Å²) in [5.74, 6) is 1.03. The topological polar surface area (TPSA) is 64.4 Å². The van der Waals surface area contributed by atoms with Gasteiger partial charge in [0.05, 0.1) is 13.3 Å². The number of hydrogen-bond donors (Lipinski definition) is 1. The second-order valence-corrected chi connectivity index (χ2v) is 5.64. The minimum Gasteiger partial charge on any atom is -0.497 e. The Labute approximate surface area is 146 Å². The SMILES string of the molecule is COc1ccc(-c2oncc2C(=O)NCCCc2ccccc2)cc1. The molecule has 3 aromatic rings. The van der Waals surface area contributed by atoms with Gasteiger partial charge in [-0.3, -0.25) is 4.79 Å². The zero-order valence-corrected chi connectivity index (χ0v) is 14.1. The van der Waals surface area contributed by atoms with Gasteiger partial charge < -0.3 is 14.6 Å². The van der Waals surface area contributed by atoms with Crippen molar-refractivity contribution in [3.63, 3.8) is 0 Å². The quantitative estimate of drug-likeness (QED) is 0.668. The Balaban J connectivity index is 1.58. The lowest BCUT2D eigenvalue weighted by Crippen LogP contribution is -2.24. The summed E-state index contributed by atoms with van der Waals surface area (Å²) in [6.07, 6.45) is 3.25. The molecule has 25 heavy (non-hydrogen) atoms. The molecule has 128 valence electrons. The molecule has 0 aliphatic heterocycles. The molecule has 1 N–H and O–H groups in total. The normalized spacial score (nSPS) is 10.4. The number of rotatable bonds is 7. The molecular weight excluding hydrogens is 316 g/mol. The van der Waals surface area contributed by atoms with Crippen LogP contribution in [0.3, 0.4) is 0 Å². The number of nitrogens with zero attached hydrogens (tertiary/aromatic N) is 1. The first-order valence-electron chi connectivity index (χ1n) is 8.19. The molecule has 0 aliphatic rings. The number of benzene rings is 2. The fraction of sp³-hybridized carbons (Fsp3) is 0.200. The number of carbonyl (C=O) groups is 1. The Bertz CT molecular complexity index is 810. The number of carbonyl (C=O) groups excluding carboxylic acids is 1. The molecule has 0 atom stereocenters. The van der Waals surface area contributed by atoms with E-state index >= 15 is 0 Å². The van der Waals surface area contributed by atoms with Crippen LogP contribution in [0.4, 0.5) is 0 Å². The third kappa shape index (κ3) is 4.26. The molecule has 0 spiro atoms. The minimum absolute atomic E-state index is 0.180. The summed E-state index contributed by atoms with van der Waals surface area (Å²) in [7, 11) is 1.61. The van der Waals surface area contributed by atoms with E-state index in [9.17, 15) is 4.79 Å². The van der Waals surface area contributed by atoms with Crippen molar-refractivity contribution in [3.05, 3.63) is 71.9 Å². The number of ether oxygens (including phenoxy) is 1. The highest BCUT2D eigenvalue weighted by molar-refractivity contribution is 5.99. The highest BCUT2D eigenvalue weighted by atomic mass is 16.5. The Kier molecular flexibility index (Phi) is 5.46. The Morgan fingerprint density at radius 1 is 1.12 bits per heavy atom. The predicted octanol–water partition coefficient (Wildman–Crippen LogP) is 3.71. The third-order valence-electron chi connectivity index (χ3n) is 3.94.